The van der Waals surface area contributed by atoms with Gasteiger partial charge in [0.2, 0.25) is 11.8 Å². The predicted molar refractivity (Wildman–Crippen MR) is 159 cm³/mol. The predicted octanol–water partition coefficient (Wildman–Crippen LogP) is 3.04. The molecular formula is C32H38FN7O3. The van der Waals surface area contributed by atoms with Gasteiger partial charge in [-0.25, -0.2) is 4.39 Å². The number of ether oxygens (including phenoxy) is 1. The number of likely N-dealkylation sites (N-methyl/N-ethyl adjacent to an activating group) is 1. The summed E-state index contributed by atoms with van der Waals surface area (Å²) in [7, 11) is 2.10. The Labute approximate surface area is 251 Å². The molecule has 3 unspecified atom stereocenters. The van der Waals surface area contributed by atoms with E-state index in [0.717, 1.165) is 42.0 Å². The summed E-state index contributed by atoms with van der Waals surface area (Å²) in [5.74, 6) is 0.236. The highest BCUT2D eigenvalue weighted by Gasteiger charge is 2.37. The van der Waals surface area contributed by atoms with E-state index in [-0.39, 0.29) is 36.1 Å². The minimum atomic E-state index is -0.354. The number of nitrogens with zero attached hydrogens (tertiary/aromatic N) is 7. The second kappa shape index (κ2) is 12.3. The van der Waals surface area contributed by atoms with E-state index < -0.39 is 0 Å². The Morgan fingerprint density at radius 1 is 1.19 bits per heavy atom. The average molecular weight is 588 g/mol. The van der Waals surface area contributed by atoms with Gasteiger partial charge in [0.15, 0.2) is 0 Å². The van der Waals surface area contributed by atoms with Crippen molar-refractivity contribution in [3.63, 3.8) is 0 Å². The minimum Gasteiger partial charge on any atom is -0.462 e. The van der Waals surface area contributed by atoms with Crippen molar-refractivity contribution < 1.29 is 18.7 Å². The lowest BCUT2D eigenvalue weighted by Gasteiger charge is -2.42. The Bertz CT molecular complexity index is 1460. The fourth-order valence-electron chi connectivity index (χ4n) is 7.07. The first-order chi connectivity index (χ1) is 20.9. The Hall–Kier alpha value is -4.04. The summed E-state index contributed by atoms with van der Waals surface area (Å²) >= 11 is 0. The molecule has 43 heavy (non-hydrogen) atoms. The molecule has 10 nitrogen and oxygen atoms in total. The SMILES string of the molecule is C=CC(=O)N1CCN(c2nc(OCC3CCCN3C)nc3c2CCC(N2C(=O)CCc4ccc(F)cc42)C3)CC1CC#N. The fourth-order valence-corrected chi connectivity index (χ4v) is 7.07. The molecule has 2 aromatic rings. The molecule has 1 aromatic carbocycles. The van der Waals surface area contributed by atoms with E-state index >= 15 is 0 Å². The quantitative estimate of drug-likeness (QED) is 0.456. The zero-order chi connectivity index (χ0) is 30.1. The van der Waals surface area contributed by atoms with Gasteiger partial charge in [-0.1, -0.05) is 12.6 Å². The lowest BCUT2D eigenvalue weighted by atomic mass is 9.88. The number of hydrogen-bond acceptors (Lipinski definition) is 8. The van der Waals surface area contributed by atoms with Crippen molar-refractivity contribution in [3.05, 3.63) is 53.5 Å². The Morgan fingerprint density at radius 2 is 2.05 bits per heavy atom. The average Bonchev–Trinajstić information content (AvgIpc) is 3.43. The van der Waals surface area contributed by atoms with Crippen LogP contribution in [0.5, 0.6) is 6.01 Å². The van der Waals surface area contributed by atoms with Crippen LogP contribution >= 0.6 is 0 Å². The van der Waals surface area contributed by atoms with Crippen molar-refractivity contribution in [2.45, 2.75) is 69.5 Å². The highest BCUT2D eigenvalue weighted by Crippen LogP contribution is 2.37. The number of benzene rings is 1. The van der Waals surface area contributed by atoms with E-state index in [1.165, 1.54) is 18.2 Å². The van der Waals surface area contributed by atoms with E-state index in [1.807, 2.05) is 0 Å². The van der Waals surface area contributed by atoms with Crippen LogP contribution in [0, 0.1) is 17.1 Å². The molecular weight excluding hydrogens is 549 g/mol. The Morgan fingerprint density at radius 3 is 2.81 bits per heavy atom. The summed E-state index contributed by atoms with van der Waals surface area (Å²) in [4.78, 5) is 43.5. The summed E-state index contributed by atoms with van der Waals surface area (Å²) in [6, 6.07) is 7.07. The number of amides is 2. The van der Waals surface area contributed by atoms with Gasteiger partial charge in [0.25, 0.3) is 0 Å². The summed E-state index contributed by atoms with van der Waals surface area (Å²) in [5.41, 5.74) is 3.47. The smallest absolute Gasteiger partial charge is 0.318 e. The number of piperazine rings is 1. The molecule has 0 saturated carbocycles. The molecule has 11 heteroatoms. The number of hydrogen-bond donors (Lipinski definition) is 0. The number of likely N-dealkylation sites (tertiary alicyclic amines) is 1. The van der Waals surface area contributed by atoms with Gasteiger partial charge in [-0.3, -0.25) is 9.59 Å². The van der Waals surface area contributed by atoms with Crippen LogP contribution in [0.4, 0.5) is 15.9 Å². The molecule has 1 aromatic heterocycles. The van der Waals surface area contributed by atoms with Crippen molar-refractivity contribution in [1.29, 1.82) is 5.26 Å². The number of aryl methyl sites for hydroxylation is 1. The third-order valence-electron chi connectivity index (χ3n) is 9.40. The summed E-state index contributed by atoms with van der Waals surface area (Å²) in [6.45, 7) is 6.61. The third-order valence-corrected chi connectivity index (χ3v) is 9.40. The highest BCUT2D eigenvalue weighted by molar-refractivity contribution is 5.97. The molecule has 0 bridgehead atoms. The van der Waals surface area contributed by atoms with Crippen molar-refractivity contribution in [2.75, 3.05) is 49.6 Å². The topological polar surface area (TPSA) is 106 Å². The number of halogens is 1. The second-order valence-corrected chi connectivity index (χ2v) is 12.0. The van der Waals surface area contributed by atoms with Crippen LogP contribution in [0.15, 0.2) is 30.9 Å². The Balaban J connectivity index is 1.32. The van der Waals surface area contributed by atoms with Crippen LogP contribution in [0.25, 0.3) is 0 Å². The highest BCUT2D eigenvalue weighted by atomic mass is 19.1. The summed E-state index contributed by atoms with van der Waals surface area (Å²) in [5, 5.41) is 9.50. The van der Waals surface area contributed by atoms with Gasteiger partial charge in [0.05, 0.1) is 29.9 Å². The zero-order valence-corrected chi connectivity index (χ0v) is 24.7. The molecule has 0 N–H and O–H groups in total. The van der Waals surface area contributed by atoms with Crippen LogP contribution in [0.2, 0.25) is 0 Å². The molecule has 6 rings (SSSR count). The lowest BCUT2D eigenvalue weighted by Crippen LogP contribution is -2.55. The molecule has 2 fully saturated rings. The van der Waals surface area contributed by atoms with Crippen LogP contribution in [0.3, 0.4) is 0 Å². The summed E-state index contributed by atoms with van der Waals surface area (Å²) in [6.07, 6.45) is 6.52. The van der Waals surface area contributed by atoms with Crippen molar-refractivity contribution in [1.82, 2.24) is 19.8 Å². The number of anilines is 2. The molecule has 4 heterocycles. The van der Waals surface area contributed by atoms with Gasteiger partial charge >= 0.3 is 6.01 Å². The first-order valence-corrected chi connectivity index (χ1v) is 15.2. The van der Waals surface area contributed by atoms with Gasteiger partial charge in [0.1, 0.15) is 18.2 Å². The molecule has 2 saturated heterocycles. The van der Waals surface area contributed by atoms with Crippen LogP contribution in [-0.2, 0) is 28.9 Å². The molecule has 3 atom stereocenters. The summed E-state index contributed by atoms with van der Waals surface area (Å²) < 4.78 is 20.5. The normalized spacial score (nSPS) is 23.9. The molecule has 0 spiro atoms. The van der Waals surface area contributed by atoms with Crippen molar-refractivity contribution in [3.8, 4) is 12.1 Å². The molecule has 3 aliphatic heterocycles. The van der Waals surface area contributed by atoms with Gasteiger partial charge in [-0.15, -0.1) is 0 Å². The molecule has 4 aliphatic rings. The van der Waals surface area contributed by atoms with E-state index in [1.54, 1.807) is 15.9 Å². The van der Waals surface area contributed by atoms with E-state index in [2.05, 4.69) is 29.5 Å². The number of rotatable bonds is 7. The molecule has 226 valence electrons. The van der Waals surface area contributed by atoms with Crippen molar-refractivity contribution >= 4 is 23.3 Å². The third kappa shape index (κ3) is 5.80. The zero-order valence-electron chi connectivity index (χ0n) is 24.7. The number of aromatic nitrogens is 2. The maximum absolute atomic E-state index is 14.3. The number of carbonyl (C=O) groups is 2. The van der Waals surface area contributed by atoms with Gasteiger partial charge in [-0.05, 0) is 69.5 Å². The standard InChI is InChI=1S/C32H38FN7O3/c1-3-29(41)39-16-15-38(19-24(39)12-13-34)31-26-10-9-23(40-28-17-22(33)8-6-21(28)7-11-30(40)42)18-27(26)35-32(36-31)43-20-25-5-4-14-37(25)2/h3,6,8,17,23-25H,1,4-5,7,9-12,14-16,18-20H2,2H3. The molecule has 2 amide bonds. The van der Waals surface area contributed by atoms with E-state index in [9.17, 15) is 19.2 Å². The molecule has 0 radical (unpaired) electrons. The van der Waals surface area contributed by atoms with Crippen LogP contribution in [0.1, 0.15) is 48.9 Å². The second-order valence-electron chi connectivity index (χ2n) is 12.0. The maximum atomic E-state index is 14.3. The minimum absolute atomic E-state index is 0.00364. The first-order valence-electron chi connectivity index (χ1n) is 15.2. The monoisotopic (exact) mass is 587 g/mol. The van der Waals surface area contributed by atoms with E-state index in [4.69, 9.17) is 14.7 Å². The van der Waals surface area contributed by atoms with Gasteiger partial charge in [0, 0.05) is 50.1 Å². The van der Waals surface area contributed by atoms with Gasteiger partial charge in [-0.2, -0.15) is 15.2 Å². The number of fused-ring (bicyclic) bond motifs is 2. The van der Waals surface area contributed by atoms with Gasteiger partial charge < -0.3 is 24.3 Å². The van der Waals surface area contributed by atoms with E-state index in [0.29, 0.717) is 76.1 Å². The Kier molecular flexibility index (Phi) is 8.30. The largest absolute Gasteiger partial charge is 0.462 e. The van der Waals surface area contributed by atoms with Crippen molar-refractivity contribution in [2.24, 2.45) is 0 Å². The maximum Gasteiger partial charge on any atom is 0.318 e. The lowest BCUT2D eigenvalue weighted by molar-refractivity contribution is -0.128. The number of carbonyl (C=O) groups excluding carboxylic acids is 2. The van der Waals surface area contributed by atoms with Crippen LogP contribution < -0.4 is 14.5 Å². The molecule has 1 aliphatic carbocycles. The first kappa shape index (κ1) is 29.1. The number of nitriles is 1. The fraction of sp³-hybridized carbons (Fsp3) is 0.531. The van der Waals surface area contributed by atoms with Crippen LogP contribution in [-0.4, -0.2) is 89.5 Å².